The average molecular weight is 370 g/mol. The Balaban J connectivity index is 2.12. The predicted octanol–water partition coefficient (Wildman–Crippen LogP) is 2.53. The lowest BCUT2D eigenvalue weighted by atomic mass is 10.1. The van der Waals surface area contributed by atoms with Gasteiger partial charge in [0.15, 0.2) is 0 Å². The molecule has 0 radical (unpaired) electrons. The number of nitrogens with one attached hydrogen (secondary N) is 1. The van der Waals surface area contributed by atoms with Gasteiger partial charge in [-0.1, -0.05) is 29.8 Å². The summed E-state index contributed by atoms with van der Waals surface area (Å²) in [7, 11) is -2.41. The molecule has 0 saturated carbocycles. The van der Waals surface area contributed by atoms with E-state index in [0.29, 0.717) is 16.9 Å². The maximum Gasteiger partial charge on any atom is 0.257 e. The molecule has 26 heavy (non-hydrogen) atoms. The van der Waals surface area contributed by atoms with Gasteiger partial charge in [0.2, 0.25) is 10.0 Å². The number of sulfonamides is 1. The highest BCUT2D eigenvalue weighted by molar-refractivity contribution is 7.89. The number of amides is 1. The van der Waals surface area contributed by atoms with Gasteiger partial charge in [-0.05, 0) is 36.8 Å². The Hall–Kier alpha value is -3.11. The Labute approximate surface area is 152 Å². The van der Waals surface area contributed by atoms with Crippen molar-refractivity contribution in [2.45, 2.75) is 12.7 Å². The highest BCUT2D eigenvalue weighted by Gasteiger charge is 2.16. The Morgan fingerprint density at radius 2 is 2.00 bits per heavy atom. The van der Waals surface area contributed by atoms with Crippen molar-refractivity contribution >= 4 is 22.0 Å². The normalized spacial score (nSPS) is 11.1. The van der Waals surface area contributed by atoms with Gasteiger partial charge in [0.1, 0.15) is 5.75 Å². The van der Waals surface area contributed by atoms with Gasteiger partial charge in [0.25, 0.3) is 5.91 Å². The number of nitriles is 1. The second-order valence-corrected chi connectivity index (χ2v) is 7.30. The van der Waals surface area contributed by atoms with E-state index in [0.717, 1.165) is 11.6 Å². The molecule has 0 saturated heterocycles. The quantitative estimate of drug-likeness (QED) is 0.788. The molecule has 1 N–H and O–H groups in total. The fourth-order valence-corrected chi connectivity index (χ4v) is 3.44. The maximum absolute atomic E-state index is 12.2. The maximum atomic E-state index is 12.2. The van der Waals surface area contributed by atoms with Crippen molar-refractivity contribution in [1.82, 2.24) is 4.72 Å². The van der Waals surface area contributed by atoms with E-state index in [-0.39, 0.29) is 5.56 Å². The smallest absolute Gasteiger partial charge is 0.257 e. The monoisotopic (exact) mass is 370 g/mol. The zero-order valence-corrected chi connectivity index (χ0v) is 15.2. The van der Waals surface area contributed by atoms with Crippen molar-refractivity contribution in [2.24, 2.45) is 0 Å². The molecule has 0 bridgehead atoms. The minimum absolute atomic E-state index is 0.255. The van der Waals surface area contributed by atoms with Crippen molar-refractivity contribution in [3.05, 3.63) is 70.8 Å². The highest BCUT2D eigenvalue weighted by atomic mass is 32.2. The van der Waals surface area contributed by atoms with Crippen LogP contribution in [-0.4, -0.2) is 21.4 Å². The largest absolute Gasteiger partial charge is 0.496 e. The van der Waals surface area contributed by atoms with Crippen LogP contribution in [0.15, 0.2) is 48.5 Å². The van der Waals surface area contributed by atoms with Crippen LogP contribution in [0, 0.1) is 18.3 Å². The van der Waals surface area contributed by atoms with Gasteiger partial charge >= 0.3 is 0 Å². The van der Waals surface area contributed by atoms with Crippen LogP contribution in [0.5, 0.6) is 5.75 Å². The first kappa shape index (κ1) is 19.2. The van der Waals surface area contributed by atoms with Gasteiger partial charge in [0, 0.05) is 11.6 Å². The number of hydrogen-bond donors (Lipinski definition) is 1. The van der Waals surface area contributed by atoms with E-state index in [2.05, 4.69) is 0 Å². The summed E-state index contributed by atoms with van der Waals surface area (Å²) in [5.41, 5.74) is 2.23. The zero-order chi connectivity index (χ0) is 19.2. The molecule has 6 nitrogen and oxygen atoms in total. The van der Waals surface area contributed by atoms with E-state index in [4.69, 9.17) is 10.00 Å². The third-order valence-corrected chi connectivity index (χ3v) is 4.74. The number of benzene rings is 2. The molecule has 0 atom stereocenters. The number of carbonyl (C=O) groups excluding carboxylic acids is 1. The lowest BCUT2D eigenvalue weighted by Gasteiger charge is -2.07. The van der Waals surface area contributed by atoms with E-state index in [1.807, 2.05) is 29.8 Å². The van der Waals surface area contributed by atoms with Crippen molar-refractivity contribution in [3.63, 3.8) is 0 Å². The second kappa shape index (κ2) is 8.32. The first-order chi connectivity index (χ1) is 12.3. The lowest BCUT2D eigenvalue weighted by Crippen LogP contribution is -2.30. The van der Waals surface area contributed by atoms with E-state index in [1.54, 1.807) is 18.2 Å². The number of hydrogen-bond acceptors (Lipinski definition) is 5. The van der Waals surface area contributed by atoms with Crippen LogP contribution in [-0.2, 0) is 20.6 Å². The predicted molar refractivity (Wildman–Crippen MR) is 98.7 cm³/mol. The van der Waals surface area contributed by atoms with Gasteiger partial charge in [-0.2, -0.15) is 5.26 Å². The molecule has 7 heteroatoms. The summed E-state index contributed by atoms with van der Waals surface area (Å²) in [5.74, 6) is -0.655. The van der Waals surface area contributed by atoms with Crippen molar-refractivity contribution < 1.29 is 17.9 Å². The van der Waals surface area contributed by atoms with Gasteiger partial charge in [0.05, 0.1) is 24.5 Å². The molecule has 2 aromatic carbocycles. The molecule has 134 valence electrons. The Kier molecular flexibility index (Phi) is 6.15. The van der Waals surface area contributed by atoms with Crippen LogP contribution in [0.4, 0.5) is 0 Å². The average Bonchev–Trinajstić information content (AvgIpc) is 2.59. The van der Waals surface area contributed by atoms with Gasteiger partial charge < -0.3 is 4.74 Å². The topological polar surface area (TPSA) is 96.3 Å². The minimum atomic E-state index is -3.93. The van der Waals surface area contributed by atoms with Gasteiger partial charge in [-0.25, -0.2) is 13.1 Å². The Morgan fingerprint density at radius 1 is 1.27 bits per heavy atom. The van der Waals surface area contributed by atoms with Crippen molar-refractivity contribution in [2.75, 3.05) is 7.11 Å². The fourth-order valence-electron chi connectivity index (χ4n) is 2.33. The Morgan fingerprint density at radius 3 is 2.69 bits per heavy atom. The summed E-state index contributed by atoms with van der Waals surface area (Å²) in [6.07, 6.45) is 2.62. The highest BCUT2D eigenvalue weighted by Crippen LogP contribution is 2.21. The number of aryl methyl sites for hydroxylation is 1. The fraction of sp³-hybridized carbons (Fsp3) is 0.158. The number of rotatable bonds is 6. The molecule has 0 aliphatic heterocycles. The zero-order valence-electron chi connectivity index (χ0n) is 14.4. The van der Waals surface area contributed by atoms with Crippen LogP contribution in [0.1, 0.15) is 22.3 Å². The second-order valence-electron chi connectivity index (χ2n) is 5.57. The summed E-state index contributed by atoms with van der Waals surface area (Å²) in [5, 5.41) is 9.02. The molecule has 0 unspecified atom stereocenters. The molecule has 2 rings (SSSR count). The Bertz CT molecular complexity index is 989. The number of ether oxygens (including phenoxy) is 1. The van der Waals surface area contributed by atoms with E-state index >= 15 is 0 Å². The molecule has 0 fully saturated rings. The van der Waals surface area contributed by atoms with Gasteiger partial charge in [-0.3, -0.25) is 4.79 Å². The summed E-state index contributed by atoms with van der Waals surface area (Å²) in [6.45, 7) is 1.90. The molecule has 1 amide bonds. The molecule has 2 aromatic rings. The third kappa shape index (κ3) is 5.19. The van der Waals surface area contributed by atoms with Crippen LogP contribution in [0.25, 0.3) is 6.08 Å². The van der Waals surface area contributed by atoms with Crippen LogP contribution in [0.3, 0.4) is 0 Å². The molecule has 0 aromatic heterocycles. The SMILES string of the molecule is COc1ccc(C)cc1C=CC(=O)NS(=O)(=O)Cc1ccccc1C#N. The number of methoxy groups -OCH3 is 1. The first-order valence-corrected chi connectivity index (χ1v) is 9.35. The molecular weight excluding hydrogens is 352 g/mol. The number of carbonyl (C=O) groups is 1. The standard InChI is InChI=1S/C19H18N2O4S/c1-14-7-9-18(25-2)15(11-14)8-10-19(22)21-26(23,24)13-17-6-4-3-5-16(17)12-20/h3-11H,13H2,1-2H3,(H,21,22). The van der Waals surface area contributed by atoms with Crippen molar-refractivity contribution in [3.8, 4) is 11.8 Å². The lowest BCUT2D eigenvalue weighted by molar-refractivity contribution is -0.114. The summed E-state index contributed by atoms with van der Waals surface area (Å²) < 4.78 is 31.5. The van der Waals surface area contributed by atoms with Crippen LogP contribution in [0.2, 0.25) is 0 Å². The number of nitrogens with zero attached hydrogens (tertiary/aromatic N) is 1. The summed E-state index contributed by atoms with van der Waals surface area (Å²) in [4.78, 5) is 12.0. The molecule has 0 aliphatic carbocycles. The minimum Gasteiger partial charge on any atom is -0.496 e. The van der Waals surface area contributed by atoms with Crippen LogP contribution < -0.4 is 9.46 Å². The molecular formula is C19H18N2O4S. The van der Waals surface area contributed by atoms with Gasteiger partial charge in [-0.15, -0.1) is 0 Å². The summed E-state index contributed by atoms with van der Waals surface area (Å²) in [6, 6.07) is 13.7. The van der Waals surface area contributed by atoms with Crippen molar-refractivity contribution in [1.29, 1.82) is 5.26 Å². The first-order valence-electron chi connectivity index (χ1n) is 7.70. The molecule has 0 heterocycles. The van der Waals surface area contributed by atoms with E-state index in [9.17, 15) is 13.2 Å². The van der Waals surface area contributed by atoms with Crippen LogP contribution >= 0.6 is 0 Å². The molecule has 0 spiro atoms. The van der Waals surface area contributed by atoms with E-state index < -0.39 is 21.7 Å². The van der Waals surface area contributed by atoms with E-state index in [1.165, 1.54) is 25.3 Å². The molecule has 0 aliphatic rings. The summed E-state index contributed by atoms with van der Waals surface area (Å²) >= 11 is 0. The third-order valence-electron chi connectivity index (χ3n) is 3.54.